The molecule has 2 heterocycles. The third-order valence-corrected chi connectivity index (χ3v) is 9.44. The van der Waals surface area contributed by atoms with Crippen LogP contribution in [-0.2, 0) is 27.2 Å². The maximum absolute atomic E-state index is 13.2. The minimum atomic E-state index is -0.789. The molecule has 0 saturated carbocycles. The number of aromatic amines is 2. The van der Waals surface area contributed by atoms with Crippen LogP contribution in [0.15, 0.2) is 84.9 Å². The van der Waals surface area contributed by atoms with Gasteiger partial charge in [-0.25, -0.2) is 9.97 Å². The summed E-state index contributed by atoms with van der Waals surface area (Å²) in [6, 6.07) is 9.71. The Kier molecular flexibility index (Phi) is 8.25. The molecule has 4 aliphatic carbocycles. The van der Waals surface area contributed by atoms with Crippen molar-refractivity contribution < 1.29 is 14.4 Å². The average Bonchev–Trinajstić information content (AvgIpc) is 3.75. The van der Waals surface area contributed by atoms with Crippen molar-refractivity contribution in [1.82, 2.24) is 25.3 Å². The summed E-state index contributed by atoms with van der Waals surface area (Å²) >= 11 is 0. The molecule has 2 aromatic carbocycles. The van der Waals surface area contributed by atoms with Crippen molar-refractivity contribution in [3.8, 4) is 0 Å². The van der Waals surface area contributed by atoms with Crippen LogP contribution in [0.1, 0.15) is 58.8 Å². The number of H-pyrrole nitrogens is 2. The Labute approximate surface area is 276 Å². The molecule has 0 saturated heterocycles. The molecule has 4 aliphatic rings. The SMILES string of the molecule is C[C@H](N)C(=O)NC1=CC=C2CC1C1c3cc(NC(=O)[C@@H](N)Cc4c[nH]cn4)ccc3C2c2ccc(NC(=O)[C@@H](N)Cc3cnc[nH]3)cc21. The summed E-state index contributed by atoms with van der Waals surface area (Å²) in [6.07, 6.45) is 11.9. The molecule has 8 rings (SSSR count). The second-order valence-electron chi connectivity index (χ2n) is 12.8. The van der Waals surface area contributed by atoms with Crippen LogP contribution in [-0.4, -0.2) is 55.8 Å². The average molecular weight is 647 g/mol. The first-order valence-corrected chi connectivity index (χ1v) is 16.0. The van der Waals surface area contributed by atoms with E-state index in [0.717, 1.165) is 40.1 Å². The second-order valence-corrected chi connectivity index (χ2v) is 12.8. The van der Waals surface area contributed by atoms with E-state index in [-0.39, 0.29) is 35.5 Å². The van der Waals surface area contributed by atoms with Gasteiger partial charge in [-0.15, -0.1) is 0 Å². The summed E-state index contributed by atoms with van der Waals surface area (Å²) in [7, 11) is 0. The number of hydrogen-bond acceptors (Lipinski definition) is 8. The molecular formula is C35H38N10O3. The molecule has 13 heteroatoms. The predicted octanol–water partition coefficient (Wildman–Crippen LogP) is 2.03. The van der Waals surface area contributed by atoms with Gasteiger partial charge in [0, 0.05) is 65.8 Å². The van der Waals surface area contributed by atoms with Gasteiger partial charge in [0.05, 0.1) is 36.5 Å². The highest BCUT2D eigenvalue weighted by molar-refractivity contribution is 5.96. The molecule has 2 aromatic heterocycles. The van der Waals surface area contributed by atoms with E-state index in [9.17, 15) is 14.4 Å². The Bertz CT molecular complexity index is 1820. The lowest BCUT2D eigenvalue weighted by Crippen LogP contribution is -2.40. The number of carbonyl (C=O) groups excluding carboxylic acids is 3. The number of allylic oxidation sites excluding steroid dienone is 4. The smallest absolute Gasteiger partial charge is 0.241 e. The van der Waals surface area contributed by atoms with Gasteiger partial charge in [0.1, 0.15) is 0 Å². The first-order chi connectivity index (χ1) is 23.2. The van der Waals surface area contributed by atoms with E-state index in [2.05, 4.69) is 54.1 Å². The number of carbonyl (C=O) groups is 3. The van der Waals surface area contributed by atoms with Crippen molar-refractivity contribution in [2.45, 2.75) is 56.1 Å². The van der Waals surface area contributed by atoms with E-state index in [0.29, 0.717) is 29.9 Å². The first kappa shape index (κ1) is 31.2. The molecule has 4 bridgehead atoms. The van der Waals surface area contributed by atoms with Gasteiger partial charge >= 0.3 is 0 Å². The standard InChI is InChI=1S/C35H38N10O3/c1-17(36)33(46)45-30-7-2-18-8-27(30)32-25-9-19(43-34(47)28(37)11-21-13-39-15-41-21)3-5-23(25)31(18)24-6-4-20(10-26(24)32)44-35(48)29(38)12-22-14-40-16-42-22/h2-7,9-10,13-17,27-29,31-32H,8,11-12,36-38H2,1H3,(H,39,41)(H,40,42)(H,43,47)(H,44,48)(H,45,46)/t17-,27?,28-,29-,31?,32?/m0/s1. The summed E-state index contributed by atoms with van der Waals surface area (Å²) in [5.41, 5.74) is 27.4. The molecule has 0 fully saturated rings. The molecule has 3 unspecified atom stereocenters. The maximum atomic E-state index is 13.2. The third kappa shape index (κ3) is 5.94. The number of nitrogens with two attached hydrogens (primary N) is 3. The van der Waals surface area contributed by atoms with Crippen LogP contribution < -0.4 is 33.2 Å². The van der Waals surface area contributed by atoms with Crippen LogP contribution in [0.5, 0.6) is 0 Å². The highest BCUT2D eigenvalue weighted by Crippen LogP contribution is 2.58. The Balaban J connectivity index is 1.23. The van der Waals surface area contributed by atoms with Crippen LogP contribution in [0.2, 0.25) is 0 Å². The van der Waals surface area contributed by atoms with E-state index in [1.54, 1.807) is 32.0 Å². The fourth-order valence-corrected chi connectivity index (χ4v) is 7.11. The summed E-state index contributed by atoms with van der Waals surface area (Å²) in [5, 5.41) is 9.08. The van der Waals surface area contributed by atoms with Crippen LogP contribution in [0, 0.1) is 5.92 Å². The molecule has 0 aliphatic heterocycles. The Hall–Kier alpha value is -5.37. The summed E-state index contributed by atoms with van der Waals surface area (Å²) in [4.78, 5) is 53.2. The van der Waals surface area contributed by atoms with Gasteiger partial charge < -0.3 is 43.1 Å². The summed E-state index contributed by atoms with van der Waals surface area (Å²) < 4.78 is 0. The van der Waals surface area contributed by atoms with Crippen molar-refractivity contribution in [2.24, 2.45) is 23.1 Å². The second kappa shape index (κ2) is 12.7. The number of imidazole rings is 2. The zero-order valence-electron chi connectivity index (χ0n) is 26.4. The minimum absolute atomic E-state index is 0.0442. The third-order valence-electron chi connectivity index (χ3n) is 9.44. The number of nitrogens with zero attached hydrogens (tertiary/aromatic N) is 2. The van der Waals surface area contributed by atoms with Crippen LogP contribution in [0.3, 0.4) is 0 Å². The van der Waals surface area contributed by atoms with Gasteiger partial charge in [-0.1, -0.05) is 23.8 Å². The summed E-state index contributed by atoms with van der Waals surface area (Å²) in [6.45, 7) is 1.65. The van der Waals surface area contributed by atoms with Crippen LogP contribution in [0.25, 0.3) is 0 Å². The predicted molar refractivity (Wildman–Crippen MR) is 180 cm³/mol. The molecule has 246 valence electrons. The highest BCUT2D eigenvalue weighted by Gasteiger charge is 2.45. The van der Waals surface area contributed by atoms with Crippen molar-refractivity contribution in [3.63, 3.8) is 0 Å². The number of aromatic nitrogens is 4. The normalized spacial score (nSPS) is 20.6. The van der Waals surface area contributed by atoms with Gasteiger partial charge in [-0.2, -0.15) is 0 Å². The van der Waals surface area contributed by atoms with E-state index in [1.807, 2.05) is 30.3 Å². The first-order valence-electron chi connectivity index (χ1n) is 16.0. The van der Waals surface area contributed by atoms with Crippen molar-refractivity contribution >= 4 is 29.1 Å². The Morgan fingerprint density at radius 2 is 1.52 bits per heavy atom. The number of amides is 3. The van der Waals surface area contributed by atoms with Gasteiger partial charge in [0.15, 0.2) is 0 Å². The lowest BCUT2D eigenvalue weighted by Gasteiger charge is -2.34. The highest BCUT2D eigenvalue weighted by atomic mass is 16.2. The fraction of sp³-hybridized carbons (Fsp3) is 0.286. The zero-order valence-corrected chi connectivity index (χ0v) is 26.4. The Morgan fingerprint density at radius 1 is 0.854 bits per heavy atom. The molecule has 0 radical (unpaired) electrons. The molecule has 6 atom stereocenters. The van der Waals surface area contributed by atoms with E-state index in [4.69, 9.17) is 17.2 Å². The fourth-order valence-electron chi connectivity index (χ4n) is 7.11. The van der Waals surface area contributed by atoms with Crippen molar-refractivity contribution in [1.29, 1.82) is 0 Å². The molecule has 11 N–H and O–H groups in total. The van der Waals surface area contributed by atoms with Crippen LogP contribution in [0.4, 0.5) is 11.4 Å². The molecule has 13 nitrogen and oxygen atoms in total. The lowest BCUT2D eigenvalue weighted by atomic mass is 9.70. The molecule has 4 aromatic rings. The van der Waals surface area contributed by atoms with Gasteiger partial charge in [-0.3, -0.25) is 14.4 Å². The van der Waals surface area contributed by atoms with E-state index >= 15 is 0 Å². The molecule has 48 heavy (non-hydrogen) atoms. The van der Waals surface area contributed by atoms with Crippen molar-refractivity contribution in [3.05, 3.63) is 119 Å². The number of anilines is 2. The topological polar surface area (TPSA) is 223 Å². The van der Waals surface area contributed by atoms with Gasteiger partial charge in [-0.05, 0) is 65.9 Å². The maximum Gasteiger partial charge on any atom is 0.241 e. The zero-order chi connectivity index (χ0) is 33.5. The van der Waals surface area contributed by atoms with Crippen molar-refractivity contribution in [2.75, 3.05) is 10.6 Å². The molecule has 3 amide bonds. The van der Waals surface area contributed by atoms with Gasteiger partial charge in [0.2, 0.25) is 17.7 Å². The van der Waals surface area contributed by atoms with E-state index < -0.39 is 18.1 Å². The number of rotatable bonds is 10. The Morgan fingerprint density at radius 3 is 2.10 bits per heavy atom. The number of nitrogens with one attached hydrogen (secondary N) is 5. The lowest BCUT2D eigenvalue weighted by molar-refractivity contribution is -0.121. The molecular weight excluding hydrogens is 608 g/mol. The monoisotopic (exact) mass is 646 g/mol. The van der Waals surface area contributed by atoms with Gasteiger partial charge in [0.25, 0.3) is 0 Å². The quantitative estimate of drug-likeness (QED) is 0.127. The van der Waals surface area contributed by atoms with E-state index in [1.165, 1.54) is 5.57 Å². The minimum Gasteiger partial charge on any atom is -0.351 e. The summed E-state index contributed by atoms with van der Waals surface area (Å²) in [5.74, 6) is -1.28. The largest absolute Gasteiger partial charge is 0.351 e. The molecule has 0 spiro atoms. The number of benzene rings is 2. The van der Waals surface area contributed by atoms with Crippen LogP contribution >= 0.6 is 0 Å². The number of hydrogen-bond donors (Lipinski definition) is 8.